The van der Waals surface area contributed by atoms with Gasteiger partial charge in [0.2, 0.25) is 0 Å². The van der Waals surface area contributed by atoms with Crippen molar-refractivity contribution >= 4 is 0 Å². The first-order valence-corrected chi connectivity index (χ1v) is 13.0. The first kappa shape index (κ1) is 31.8. The van der Waals surface area contributed by atoms with Crippen LogP contribution in [-0.4, -0.2) is 28.0 Å². The van der Waals surface area contributed by atoms with E-state index in [-0.39, 0.29) is 62.6 Å². The van der Waals surface area contributed by atoms with Crippen LogP contribution in [0.1, 0.15) is 119 Å². The maximum absolute atomic E-state index is 11.2. The Kier molecular flexibility index (Phi) is 13.4. The SMILES string of the molecule is CCC12OC(C)(CC/C=C(\C)CCCC(C)(O)CCCC(C)[O-])CCC1=CC=C(C)C2C.[K+]. The molecule has 0 spiro atoms. The summed E-state index contributed by atoms with van der Waals surface area (Å²) in [6.45, 7) is 15.0. The molecule has 0 bridgehead atoms. The van der Waals surface area contributed by atoms with E-state index in [9.17, 15) is 10.2 Å². The first-order chi connectivity index (χ1) is 14.9. The van der Waals surface area contributed by atoms with Gasteiger partial charge in [-0.05, 0) is 91.1 Å². The van der Waals surface area contributed by atoms with Gasteiger partial charge in [0.15, 0.2) is 0 Å². The van der Waals surface area contributed by atoms with Crippen LogP contribution in [0.25, 0.3) is 0 Å². The monoisotopic (exact) mass is 484 g/mol. The van der Waals surface area contributed by atoms with E-state index in [4.69, 9.17) is 4.74 Å². The van der Waals surface area contributed by atoms with E-state index in [2.05, 4.69) is 52.8 Å². The Balaban J connectivity index is 0.00000544. The van der Waals surface area contributed by atoms with E-state index in [1.807, 2.05) is 6.92 Å². The van der Waals surface area contributed by atoms with Crippen molar-refractivity contribution in [3.8, 4) is 0 Å². The van der Waals surface area contributed by atoms with Gasteiger partial charge in [0.25, 0.3) is 0 Å². The number of fused-ring (bicyclic) bond motifs is 1. The Bertz CT molecular complexity index is 706. The minimum absolute atomic E-state index is 0. The molecule has 0 radical (unpaired) electrons. The zero-order chi connectivity index (χ0) is 24.0. The smallest absolute Gasteiger partial charge is 0.852 e. The second-order valence-corrected chi connectivity index (χ2v) is 11.3. The van der Waals surface area contributed by atoms with Crippen molar-refractivity contribution in [2.24, 2.45) is 5.92 Å². The Morgan fingerprint density at radius 2 is 2.00 bits per heavy atom. The fourth-order valence-corrected chi connectivity index (χ4v) is 5.65. The van der Waals surface area contributed by atoms with Gasteiger partial charge in [-0.1, -0.05) is 63.0 Å². The summed E-state index contributed by atoms with van der Waals surface area (Å²) in [6.07, 6.45) is 16.8. The van der Waals surface area contributed by atoms with Crippen molar-refractivity contribution in [1.29, 1.82) is 0 Å². The van der Waals surface area contributed by atoms with Gasteiger partial charge in [-0.2, -0.15) is 0 Å². The zero-order valence-corrected chi connectivity index (χ0v) is 26.1. The van der Waals surface area contributed by atoms with Crippen molar-refractivity contribution in [2.75, 3.05) is 0 Å². The standard InChI is InChI=1S/C29H49O3.K/c1-8-29-25(5)23(3)15-16-26(29)17-21-28(7,32-29)20-10-13-22(2)12-9-18-27(6,31)19-11-14-24(4)30;/h13,15-16,24-25,31H,8-12,14,17-21H2,1-7H3;/q-1;+1/b22-13+;. The topological polar surface area (TPSA) is 52.5 Å². The van der Waals surface area contributed by atoms with Crippen LogP contribution in [0.3, 0.4) is 0 Å². The molecule has 2 aliphatic rings. The summed E-state index contributed by atoms with van der Waals surface area (Å²) in [4.78, 5) is 0. The zero-order valence-electron chi connectivity index (χ0n) is 22.9. The van der Waals surface area contributed by atoms with Crippen LogP contribution in [0.5, 0.6) is 0 Å². The van der Waals surface area contributed by atoms with Gasteiger partial charge in [-0.15, -0.1) is 6.10 Å². The Morgan fingerprint density at radius 1 is 1.33 bits per heavy atom. The summed E-state index contributed by atoms with van der Waals surface area (Å²) in [5.74, 6) is 0.439. The molecule has 1 aliphatic heterocycles. The summed E-state index contributed by atoms with van der Waals surface area (Å²) < 4.78 is 6.97. The summed E-state index contributed by atoms with van der Waals surface area (Å²) >= 11 is 0. The van der Waals surface area contributed by atoms with Gasteiger partial charge in [0, 0.05) is 5.92 Å². The molecule has 0 saturated carbocycles. The summed E-state index contributed by atoms with van der Waals surface area (Å²) in [6, 6.07) is 0. The molecule has 0 amide bonds. The van der Waals surface area contributed by atoms with E-state index in [0.717, 1.165) is 64.2 Å². The molecule has 1 heterocycles. The van der Waals surface area contributed by atoms with Crippen LogP contribution in [0.4, 0.5) is 0 Å². The third-order valence-corrected chi connectivity index (χ3v) is 8.13. The van der Waals surface area contributed by atoms with Crippen molar-refractivity contribution in [2.45, 2.75) is 142 Å². The fourth-order valence-electron chi connectivity index (χ4n) is 5.65. The number of hydrogen-bond donors (Lipinski definition) is 1. The van der Waals surface area contributed by atoms with Crippen molar-refractivity contribution < 1.29 is 66.3 Å². The van der Waals surface area contributed by atoms with E-state index in [1.54, 1.807) is 6.92 Å². The van der Waals surface area contributed by atoms with Crippen LogP contribution in [-0.2, 0) is 4.74 Å². The number of rotatable bonds is 12. The molecule has 5 unspecified atom stereocenters. The van der Waals surface area contributed by atoms with Crippen LogP contribution in [0, 0.1) is 5.92 Å². The van der Waals surface area contributed by atoms with Crippen LogP contribution < -0.4 is 56.5 Å². The maximum atomic E-state index is 11.2. The normalized spacial score (nSPS) is 30.5. The summed E-state index contributed by atoms with van der Waals surface area (Å²) in [7, 11) is 0. The quantitative estimate of drug-likeness (QED) is 0.339. The first-order valence-electron chi connectivity index (χ1n) is 13.0. The number of aliphatic hydroxyl groups is 1. The molecule has 184 valence electrons. The van der Waals surface area contributed by atoms with Gasteiger partial charge in [-0.25, -0.2) is 0 Å². The Hall–Kier alpha value is 0.736. The fraction of sp³-hybridized carbons (Fsp3) is 0.793. The second kappa shape index (κ2) is 13.9. The second-order valence-electron chi connectivity index (χ2n) is 11.3. The van der Waals surface area contributed by atoms with E-state index < -0.39 is 11.7 Å². The largest absolute Gasteiger partial charge is 1.00 e. The summed E-state index contributed by atoms with van der Waals surface area (Å²) in [5.41, 5.74) is 3.47. The predicted octanol–water partition coefficient (Wildman–Crippen LogP) is 3.80. The molecule has 3 nitrogen and oxygen atoms in total. The number of allylic oxidation sites excluding steroid dienone is 4. The van der Waals surface area contributed by atoms with E-state index >= 15 is 0 Å². The van der Waals surface area contributed by atoms with Gasteiger partial charge in [0.05, 0.1) is 16.8 Å². The molecule has 2 rings (SSSR count). The Labute approximate surface area is 247 Å². The average Bonchev–Trinajstić information content (AvgIpc) is 2.70. The third-order valence-electron chi connectivity index (χ3n) is 8.13. The molecule has 1 fully saturated rings. The molecule has 0 aromatic heterocycles. The van der Waals surface area contributed by atoms with E-state index in [1.165, 1.54) is 16.7 Å². The molecule has 1 N–H and O–H groups in total. The van der Waals surface area contributed by atoms with Gasteiger partial charge in [-0.3, -0.25) is 0 Å². The van der Waals surface area contributed by atoms with E-state index in [0.29, 0.717) is 12.3 Å². The molecule has 4 heteroatoms. The minimum atomic E-state index is -0.651. The molecule has 1 saturated heterocycles. The van der Waals surface area contributed by atoms with Crippen molar-refractivity contribution in [3.63, 3.8) is 0 Å². The third kappa shape index (κ3) is 9.28. The Morgan fingerprint density at radius 3 is 2.64 bits per heavy atom. The minimum Gasteiger partial charge on any atom is -0.852 e. The van der Waals surface area contributed by atoms with Gasteiger partial charge >= 0.3 is 51.4 Å². The number of ether oxygens (including phenoxy) is 1. The maximum Gasteiger partial charge on any atom is 1.00 e. The van der Waals surface area contributed by atoms with Crippen LogP contribution >= 0.6 is 0 Å². The molecule has 33 heavy (non-hydrogen) atoms. The molecular weight excluding hydrogens is 435 g/mol. The van der Waals surface area contributed by atoms with Crippen LogP contribution in [0.2, 0.25) is 0 Å². The summed E-state index contributed by atoms with van der Waals surface area (Å²) in [5, 5.41) is 21.7. The average molecular weight is 485 g/mol. The molecule has 0 aromatic carbocycles. The van der Waals surface area contributed by atoms with Crippen LogP contribution in [0.15, 0.2) is 34.9 Å². The van der Waals surface area contributed by atoms with Gasteiger partial charge < -0.3 is 14.9 Å². The predicted molar refractivity (Wildman–Crippen MR) is 134 cm³/mol. The van der Waals surface area contributed by atoms with Crippen molar-refractivity contribution in [3.05, 3.63) is 34.9 Å². The van der Waals surface area contributed by atoms with Gasteiger partial charge in [0.1, 0.15) is 0 Å². The molecular formula is C29H49KO3. The van der Waals surface area contributed by atoms with Crippen molar-refractivity contribution in [1.82, 2.24) is 0 Å². The molecule has 5 atom stereocenters. The molecule has 1 aliphatic carbocycles. The number of hydrogen-bond acceptors (Lipinski definition) is 3. The molecule has 0 aromatic rings.